The average Bonchev–Trinajstić information content (AvgIpc) is 3.41. The van der Waals surface area contributed by atoms with Gasteiger partial charge in [0.15, 0.2) is 11.5 Å². The molecule has 162 valence electrons. The Morgan fingerprint density at radius 3 is 2.87 bits per heavy atom. The third-order valence-electron chi connectivity index (χ3n) is 6.74. The molecule has 0 bridgehead atoms. The molecule has 1 aromatic carbocycles. The summed E-state index contributed by atoms with van der Waals surface area (Å²) in [7, 11) is 0. The molecule has 1 aliphatic carbocycles. The molecule has 5 rings (SSSR count). The van der Waals surface area contributed by atoms with Crippen LogP contribution >= 0.6 is 0 Å². The lowest BCUT2D eigenvalue weighted by Crippen LogP contribution is -2.47. The number of aromatic nitrogens is 4. The van der Waals surface area contributed by atoms with Crippen LogP contribution in [0.3, 0.4) is 0 Å². The molecular formula is C23H27N5O3. The van der Waals surface area contributed by atoms with Crippen molar-refractivity contribution in [1.82, 2.24) is 24.5 Å². The van der Waals surface area contributed by atoms with Gasteiger partial charge in [-0.2, -0.15) is 4.98 Å². The molecular weight excluding hydrogens is 394 g/mol. The monoisotopic (exact) mass is 421 g/mol. The molecule has 0 spiro atoms. The van der Waals surface area contributed by atoms with Gasteiger partial charge in [-0.05, 0) is 48.9 Å². The van der Waals surface area contributed by atoms with E-state index in [-0.39, 0.29) is 24.6 Å². The lowest BCUT2D eigenvalue weighted by atomic mass is 9.77. The molecule has 1 aliphatic heterocycles. The van der Waals surface area contributed by atoms with Crippen LogP contribution in [0.5, 0.6) is 11.5 Å². The van der Waals surface area contributed by atoms with Crippen molar-refractivity contribution in [3.63, 3.8) is 0 Å². The first-order valence-electron chi connectivity index (χ1n) is 10.9. The number of benzene rings is 1. The van der Waals surface area contributed by atoms with Gasteiger partial charge in [-0.25, -0.2) is 9.50 Å². The highest BCUT2D eigenvalue weighted by molar-refractivity contribution is 5.91. The first-order chi connectivity index (χ1) is 15.0. The second kappa shape index (κ2) is 7.83. The topological polar surface area (TPSA) is 81.9 Å². The Bertz CT molecular complexity index is 1130. The van der Waals surface area contributed by atoms with Crippen LogP contribution in [0.4, 0.5) is 0 Å². The van der Waals surface area contributed by atoms with E-state index in [1.165, 1.54) is 6.42 Å². The highest BCUT2D eigenvalue weighted by atomic mass is 16.7. The molecule has 2 aromatic heterocycles. The summed E-state index contributed by atoms with van der Waals surface area (Å²) in [5.74, 6) is 2.88. The summed E-state index contributed by atoms with van der Waals surface area (Å²) < 4.78 is 12.6. The zero-order valence-electron chi connectivity index (χ0n) is 18.1. The normalized spacial score (nSPS) is 22.6. The van der Waals surface area contributed by atoms with E-state index >= 15 is 0 Å². The number of hydrogen-bond donors (Lipinski definition) is 0. The number of fused-ring (bicyclic) bond motifs is 2. The molecule has 0 saturated heterocycles. The van der Waals surface area contributed by atoms with Crippen LogP contribution in [0, 0.1) is 18.8 Å². The number of nitrogens with zero attached hydrogens (tertiary/aromatic N) is 5. The third kappa shape index (κ3) is 3.60. The van der Waals surface area contributed by atoms with Crippen molar-refractivity contribution in [2.24, 2.45) is 11.8 Å². The molecule has 1 amide bonds. The predicted molar refractivity (Wildman–Crippen MR) is 114 cm³/mol. The largest absolute Gasteiger partial charge is 0.454 e. The van der Waals surface area contributed by atoms with E-state index in [1.807, 2.05) is 36.1 Å². The standard InChI is InChI=1S/C23H27N5O3/c1-14-5-4-6-18(16(14)3)27(12-17-7-8-19-20(11-17)31-13-30-19)22(29)21-25-23-24-10-9-15(2)28(23)26-21/h7-11,14,16,18H,4-6,12-13H2,1-3H3. The number of ether oxygens (including phenoxy) is 2. The van der Waals surface area contributed by atoms with Crippen LogP contribution in [0.25, 0.3) is 5.78 Å². The molecule has 0 radical (unpaired) electrons. The smallest absolute Gasteiger partial charge is 0.294 e. The molecule has 8 nitrogen and oxygen atoms in total. The summed E-state index contributed by atoms with van der Waals surface area (Å²) in [6.45, 7) is 7.15. The van der Waals surface area contributed by atoms with Gasteiger partial charge in [-0.3, -0.25) is 4.79 Å². The lowest BCUT2D eigenvalue weighted by molar-refractivity contribution is 0.0438. The van der Waals surface area contributed by atoms with Gasteiger partial charge in [-0.15, -0.1) is 5.10 Å². The average molecular weight is 422 g/mol. The fourth-order valence-electron chi connectivity index (χ4n) is 4.69. The fourth-order valence-corrected chi connectivity index (χ4v) is 4.69. The van der Waals surface area contributed by atoms with Crippen LogP contribution in [0.1, 0.15) is 55.0 Å². The van der Waals surface area contributed by atoms with Crippen LogP contribution in [-0.4, -0.2) is 43.2 Å². The van der Waals surface area contributed by atoms with Crippen molar-refractivity contribution in [3.8, 4) is 11.5 Å². The molecule has 3 aromatic rings. The fraction of sp³-hybridized carbons (Fsp3) is 0.478. The Balaban J connectivity index is 1.50. The van der Waals surface area contributed by atoms with Gasteiger partial charge in [0.1, 0.15) is 0 Å². The van der Waals surface area contributed by atoms with Gasteiger partial charge >= 0.3 is 0 Å². The van der Waals surface area contributed by atoms with Gasteiger partial charge in [0.25, 0.3) is 11.7 Å². The second-order valence-corrected chi connectivity index (χ2v) is 8.69. The van der Waals surface area contributed by atoms with Gasteiger partial charge in [0, 0.05) is 24.5 Å². The van der Waals surface area contributed by atoms with E-state index in [0.717, 1.165) is 35.6 Å². The molecule has 1 saturated carbocycles. The minimum absolute atomic E-state index is 0.127. The quantitative estimate of drug-likeness (QED) is 0.640. The highest BCUT2D eigenvalue weighted by Crippen LogP contribution is 2.36. The zero-order valence-corrected chi connectivity index (χ0v) is 18.1. The number of hydrogen-bond acceptors (Lipinski definition) is 6. The maximum atomic E-state index is 13.7. The van der Waals surface area contributed by atoms with Gasteiger partial charge in [0.05, 0.1) is 0 Å². The third-order valence-corrected chi connectivity index (χ3v) is 6.74. The predicted octanol–water partition coefficient (Wildman–Crippen LogP) is 3.63. The number of amides is 1. The van der Waals surface area contributed by atoms with Crippen molar-refractivity contribution in [1.29, 1.82) is 0 Å². The van der Waals surface area contributed by atoms with Gasteiger partial charge in [-0.1, -0.05) is 32.8 Å². The molecule has 3 unspecified atom stereocenters. The van der Waals surface area contributed by atoms with E-state index in [4.69, 9.17) is 9.47 Å². The number of carbonyl (C=O) groups is 1. The Morgan fingerprint density at radius 2 is 2.03 bits per heavy atom. The summed E-state index contributed by atoms with van der Waals surface area (Å²) in [6, 6.07) is 7.84. The summed E-state index contributed by atoms with van der Waals surface area (Å²) in [6.07, 6.45) is 4.97. The maximum Gasteiger partial charge on any atom is 0.294 e. The van der Waals surface area contributed by atoms with Crippen molar-refractivity contribution < 1.29 is 14.3 Å². The zero-order chi connectivity index (χ0) is 21.5. The summed E-state index contributed by atoms with van der Waals surface area (Å²) in [5, 5.41) is 4.48. The number of rotatable bonds is 4. The van der Waals surface area contributed by atoms with E-state index in [9.17, 15) is 4.79 Å². The van der Waals surface area contributed by atoms with Crippen molar-refractivity contribution in [2.45, 2.75) is 52.6 Å². The molecule has 3 atom stereocenters. The Labute approximate surface area is 181 Å². The van der Waals surface area contributed by atoms with Crippen LogP contribution in [0.15, 0.2) is 30.5 Å². The molecule has 31 heavy (non-hydrogen) atoms. The van der Waals surface area contributed by atoms with E-state index in [1.54, 1.807) is 10.7 Å². The number of carbonyl (C=O) groups excluding carboxylic acids is 1. The summed E-state index contributed by atoms with van der Waals surface area (Å²) >= 11 is 0. The van der Waals surface area contributed by atoms with Crippen LogP contribution in [-0.2, 0) is 6.54 Å². The second-order valence-electron chi connectivity index (χ2n) is 8.69. The molecule has 0 N–H and O–H groups in total. The van der Waals surface area contributed by atoms with Gasteiger partial charge < -0.3 is 14.4 Å². The van der Waals surface area contributed by atoms with Crippen molar-refractivity contribution in [2.75, 3.05) is 6.79 Å². The first-order valence-corrected chi connectivity index (χ1v) is 10.9. The van der Waals surface area contributed by atoms with Crippen LogP contribution < -0.4 is 9.47 Å². The first kappa shape index (κ1) is 19.8. The minimum Gasteiger partial charge on any atom is -0.454 e. The van der Waals surface area contributed by atoms with Crippen LogP contribution in [0.2, 0.25) is 0 Å². The van der Waals surface area contributed by atoms with Gasteiger partial charge in [0.2, 0.25) is 12.6 Å². The summed E-state index contributed by atoms with van der Waals surface area (Å²) in [4.78, 5) is 24.4. The maximum absolute atomic E-state index is 13.7. The van der Waals surface area contributed by atoms with E-state index in [0.29, 0.717) is 24.2 Å². The van der Waals surface area contributed by atoms with E-state index < -0.39 is 0 Å². The Hall–Kier alpha value is -3.16. The van der Waals surface area contributed by atoms with Crippen molar-refractivity contribution in [3.05, 3.63) is 47.5 Å². The number of aryl methyl sites for hydroxylation is 1. The Morgan fingerprint density at radius 1 is 1.19 bits per heavy atom. The highest BCUT2D eigenvalue weighted by Gasteiger charge is 2.36. The summed E-state index contributed by atoms with van der Waals surface area (Å²) in [5.41, 5.74) is 1.89. The molecule has 8 heteroatoms. The van der Waals surface area contributed by atoms with Crippen molar-refractivity contribution >= 4 is 11.7 Å². The lowest BCUT2D eigenvalue weighted by Gasteiger charge is -2.41. The SMILES string of the molecule is Cc1ccnc2nc(C(=O)N(Cc3ccc4c(c3)OCO4)C3CCCC(C)C3C)nn12. The van der Waals surface area contributed by atoms with E-state index in [2.05, 4.69) is 28.9 Å². The minimum atomic E-state index is -0.159. The molecule has 1 fully saturated rings. The molecule has 3 heterocycles. The Kier molecular flexibility index (Phi) is 5.00. The molecule has 2 aliphatic rings.